The third kappa shape index (κ3) is 10.1. The van der Waals surface area contributed by atoms with Crippen LogP contribution in [0.2, 0.25) is 0 Å². The molecule has 2 aliphatic heterocycles. The van der Waals surface area contributed by atoms with Gasteiger partial charge >= 0.3 is 14.2 Å². The van der Waals surface area contributed by atoms with E-state index in [-0.39, 0.29) is 42.4 Å². The Hall–Kier alpha value is -2.60. The van der Waals surface area contributed by atoms with Crippen LogP contribution in [-0.4, -0.2) is 55.6 Å². The van der Waals surface area contributed by atoms with E-state index in [0.29, 0.717) is 37.6 Å². The molecule has 0 bridgehead atoms. The second-order valence-corrected chi connectivity index (χ2v) is 16.9. The van der Waals surface area contributed by atoms with E-state index in [1.165, 1.54) is 0 Å². The lowest BCUT2D eigenvalue weighted by molar-refractivity contribution is 0.00578. The molecule has 11 heteroatoms. The minimum absolute atomic E-state index is 0.0417. The van der Waals surface area contributed by atoms with Gasteiger partial charge in [0.15, 0.2) is 5.78 Å². The molecule has 2 heterocycles. The van der Waals surface area contributed by atoms with E-state index < -0.39 is 0 Å². The smallest absolute Gasteiger partial charge is 0.399 e. The first-order chi connectivity index (χ1) is 24.5. The second kappa shape index (κ2) is 16.8. The molecule has 7 nitrogen and oxygen atoms in total. The predicted octanol–water partition coefficient (Wildman–Crippen LogP) is 8.46. The van der Waals surface area contributed by atoms with Crippen LogP contribution < -0.4 is 10.9 Å². The summed E-state index contributed by atoms with van der Waals surface area (Å²) in [5.74, 6) is 0.0417. The molecule has 0 atom stereocenters. The lowest BCUT2D eigenvalue weighted by Gasteiger charge is -2.32. The van der Waals surface area contributed by atoms with Gasteiger partial charge in [0.1, 0.15) is 0 Å². The quantitative estimate of drug-likeness (QED) is 0.0854. The van der Waals surface area contributed by atoms with Gasteiger partial charge in [0.25, 0.3) is 0 Å². The normalized spacial score (nSPS) is 18.2. The van der Waals surface area contributed by atoms with Gasteiger partial charge in [-0.25, -0.2) is 0 Å². The molecule has 0 aliphatic carbocycles. The molecule has 2 saturated heterocycles. The molecule has 0 radical (unpaired) electrons. The topological polar surface area (TPSA) is 72.5 Å². The summed E-state index contributed by atoms with van der Waals surface area (Å²) in [6.45, 7) is 18.6. The maximum Gasteiger partial charge on any atom is 0.494 e. The first kappa shape index (κ1) is 40.6. The Bertz CT molecular complexity index is 1610. The SMILES string of the molecule is CC1(C)OB(c2ccc(COCCOCc3ccc(B4OC(C)(C)C(C)(C)O4)cc3)cc2)OC1(C)C.O=C(c1ccc(Br)cc1)c1ccc(Br)cc1. The summed E-state index contributed by atoms with van der Waals surface area (Å²) in [5, 5.41) is 0. The zero-order valence-corrected chi connectivity index (χ0v) is 34.5. The Balaban J connectivity index is 0.000000272. The number of ketones is 1. The first-order valence-corrected chi connectivity index (χ1v) is 19.2. The molecule has 6 rings (SSSR count). The molecule has 2 aliphatic rings. The van der Waals surface area contributed by atoms with Crippen molar-refractivity contribution < 1.29 is 32.9 Å². The number of hydrogen-bond donors (Lipinski definition) is 0. The molecule has 2 fully saturated rings. The zero-order chi connectivity index (χ0) is 37.7. The molecule has 0 saturated carbocycles. The van der Waals surface area contributed by atoms with Crippen molar-refractivity contribution in [1.29, 1.82) is 0 Å². The number of rotatable bonds is 11. The van der Waals surface area contributed by atoms with Crippen LogP contribution >= 0.6 is 31.9 Å². The molecule has 0 amide bonds. The zero-order valence-electron chi connectivity index (χ0n) is 31.3. The van der Waals surface area contributed by atoms with Crippen LogP contribution in [0.25, 0.3) is 0 Å². The van der Waals surface area contributed by atoms with Crippen molar-refractivity contribution >= 4 is 62.8 Å². The molecule has 0 spiro atoms. The minimum atomic E-state index is -0.343. The molecular formula is C41H48B2Br2O7. The van der Waals surface area contributed by atoms with Crippen molar-refractivity contribution in [2.24, 2.45) is 0 Å². The number of benzene rings is 4. The van der Waals surface area contributed by atoms with Crippen molar-refractivity contribution in [1.82, 2.24) is 0 Å². The molecular weight excluding hydrogens is 786 g/mol. The highest BCUT2D eigenvalue weighted by atomic mass is 79.9. The second-order valence-electron chi connectivity index (χ2n) is 15.1. The highest BCUT2D eigenvalue weighted by molar-refractivity contribution is 9.10. The fourth-order valence-electron chi connectivity index (χ4n) is 5.37. The Morgan fingerprint density at radius 3 is 1.08 bits per heavy atom. The number of halogens is 2. The van der Waals surface area contributed by atoms with E-state index in [0.717, 1.165) is 31.0 Å². The summed E-state index contributed by atoms with van der Waals surface area (Å²) in [7, 11) is -0.686. The largest absolute Gasteiger partial charge is 0.494 e. The van der Waals surface area contributed by atoms with Crippen LogP contribution in [0.3, 0.4) is 0 Å². The monoisotopic (exact) mass is 832 g/mol. The fraction of sp³-hybridized carbons (Fsp3) is 0.390. The van der Waals surface area contributed by atoms with Gasteiger partial charge in [-0.1, -0.05) is 80.4 Å². The molecule has 274 valence electrons. The Morgan fingerprint density at radius 2 is 0.788 bits per heavy atom. The fourth-order valence-corrected chi connectivity index (χ4v) is 5.90. The van der Waals surface area contributed by atoms with Crippen LogP contribution in [0.1, 0.15) is 82.4 Å². The van der Waals surface area contributed by atoms with Gasteiger partial charge in [-0.15, -0.1) is 0 Å². The molecule has 4 aromatic rings. The van der Waals surface area contributed by atoms with Crippen molar-refractivity contribution in [3.63, 3.8) is 0 Å². The molecule has 0 N–H and O–H groups in total. The van der Waals surface area contributed by atoms with Crippen LogP contribution in [-0.2, 0) is 41.3 Å². The van der Waals surface area contributed by atoms with E-state index >= 15 is 0 Å². The number of ether oxygens (including phenoxy) is 2. The van der Waals surface area contributed by atoms with Crippen molar-refractivity contribution in [3.05, 3.63) is 128 Å². The van der Waals surface area contributed by atoms with Crippen LogP contribution in [0.5, 0.6) is 0 Å². The van der Waals surface area contributed by atoms with Gasteiger partial charge in [-0.05, 0) is 126 Å². The highest BCUT2D eigenvalue weighted by Crippen LogP contribution is 2.37. The number of hydrogen-bond acceptors (Lipinski definition) is 7. The Morgan fingerprint density at radius 1 is 0.500 bits per heavy atom. The summed E-state index contributed by atoms with van der Waals surface area (Å²) in [4.78, 5) is 12.0. The third-order valence-corrected chi connectivity index (χ3v) is 11.2. The van der Waals surface area contributed by atoms with Crippen LogP contribution in [0.15, 0.2) is 106 Å². The van der Waals surface area contributed by atoms with Gasteiger partial charge in [-0.3, -0.25) is 4.79 Å². The average molecular weight is 834 g/mol. The molecule has 0 aromatic heterocycles. The van der Waals surface area contributed by atoms with Crippen LogP contribution in [0.4, 0.5) is 0 Å². The standard InChI is InChI=1S/C28H40B2O6.C13H8Br2O/c1-25(2)26(3,4)34-29(33-25)23-13-9-21(10-14-23)19-31-17-18-32-20-22-11-15-24(16-12-22)30-35-27(5,6)28(7,8)36-30;14-11-5-1-9(2-6-11)13(16)10-3-7-12(15)8-4-10/h9-16H,17-20H2,1-8H3;1-8H. The summed E-state index contributed by atoms with van der Waals surface area (Å²) in [5.41, 5.74) is 4.29. The van der Waals surface area contributed by atoms with Crippen molar-refractivity contribution in [3.8, 4) is 0 Å². The van der Waals surface area contributed by atoms with Gasteiger partial charge in [0, 0.05) is 20.1 Å². The lowest BCUT2D eigenvalue weighted by Crippen LogP contribution is -2.41. The predicted molar refractivity (Wildman–Crippen MR) is 215 cm³/mol. The van der Waals surface area contributed by atoms with E-state index in [1.807, 2.05) is 72.8 Å². The van der Waals surface area contributed by atoms with E-state index in [2.05, 4.69) is 112 Å². The van der Waals surface area contributed by atoms with E-state index in [9.17, 15) is 4.79 Å². The van der Waals surface area contributed by atoms with Crippen LogP contribution in [0, 0.1) is 0 Å². The molecule has 52 heavy (non-hydrogen) atoms. The maximum atomic E-state index is 12.0. The maximum absolute atomic E-state index is 12.0. The van der Waals surface area contributed by atoms with E-state index in [1.54, 1.807) is 0 Å². The molecule has 4 aromatic carbocycles. The van der Waals surface area contributed by atoms with Gasteiger partial charge in [0.05, 0.1) is 48.8 Å². The number of carbonyl (C=O) groups is 1. The Labute approximate surface area is 326 Å². The van der Waals surface area contributed by atoms with Crippen molar-refractivity contribution in [2.45, 2.75) is 91.0 Å². The summed E-state index contributed by atoms with van der Waals surface area (Å²) in [6.07, 6.45) is 0. The summed E-state index contributed by atoms with van der Waals surface area (Å²) in [6, 6.07) is 31.1. The number of carbonyl (C=O) groups excluding carboxylic acids is 1. The summed E-state index contributed by atoms with van der Waals surface area (Å²) >= 11 is 6.69. The highest BCUT2D eigenvalue weighted by Gasteiger charge is 2.52. The van der Waals surface area contributed by atoms with Crippen molar-refractivity contribution in [2.75, 3.05) is 13.2 Å². The lowest BCUT2D eigenvalue weighted by atomic mass is 9.79. The summed E-state index contributed by atoms with van der Waals surface area (Å²) < 4.78 is 38.0. The van der Waals surface area contributed by atoms with Gasteiger partial charge in [0.2, 0.25) is 0 Å². The average Bonchev–Trinajstić information content (AvgIpc) is 3.46. The van der Waals surface area contributed by atoms with Gasteiger partial charge < -0.3 is 28.1 Å². The first-order valence-electron chi connectivity index (χ1n) is 17.6. The third-order valence-electron chi connectivity index (χ3n) is 10.1. The van der Waals surface area contributed by atoms with Gasteiger partial charge in [-0.2, -0.15) is 0 Å². The Kier molecular flexibility index (Phi) is 13.1. The minimum Gasteiger partial charge on any atom is -0.399 e. The molecule has 0 unspecified atom stereocenters. The van der Waals surface area contributed by atoms with E-state index in [4.69, 9.17) is 28.1 Å².